The lowest BCUT2D eigenvalue weighted by atomic mass is 10.1. The van der Waals surface area contributed by atoms with E-state index in [1.165, 1.54) is 5.56 Å². The first kappa shape index (κ1) is 14.5. The first-order chi connectivity index (χ1) is 9.52. The molecule has 0 saturated heterocycles. The van der Waals surface area contributed by atoms with Crippen molar-refractivity contribution in [2.45, 2.75) is 20.8 Å². The third-order valence-electron chi connectivity index (χ3n) is 3.17. The highest BCUT2D eigenvalue weighted by Crippen LogP contribution is 2.27. The molecule has 0 amide bonds. The minimum atomic E-state index is 0.374. The molecule has 1 aromatic heterocycles. The maximum atomic E-state index is 5.83. The molecule has 4 heteroatoms. The summed E-state index contributed by atoms with van der Waals surface area (Å²) in [7, 11) is 0. The highest BCUT2D eigenvalue weighted by atomic mass is 32.1. The zero-order valence-electron chi connectivity index (χ0n) is 12.1. The zero-order chi connectivity index (χ0) is 14.7. The molecule has 0 atom stereocenters. The first-order valence-electron chi connectivity index (χ1n) is 6.64. The molecule has 0 aliphatic heterocycles. The van der Waals surface area contributed by atoms with Gasteiger partial charge in [-0.1, -0.05) is 24.4 Å². The van der Waals surface area contributed by atoms with Crippen molar-refractivity contribution >= 4 is 28.7 Å². The van der Waals surface area contributed by atoms with E-state index in [2.05, 4.69) is 41.9 Å². The molecule has 0 aliphatic carbocycles. The Kier molecular flexibility index (Phi) is 4.35. The number of thiocarbonyl (C=S) groups is 1. The van der Waals surface area contributed by atoms with Crippen LogP contribution in [0.4, 0.5) is 11.5 Å². The van der Waals surface area contributed by atoms with E-state index < -0.39 is 0 Å². The molecule has 2 rings (SSSR count). The largest absolute Gasteiger partial charge is 0.389 e. The van der Waals surface area contributed by atoms with Crippen molar-refractivity contribution < 1.29 is 0 Å². The highest BCUT2D eigenvalue weighted by molar-refractivity contribution is 7.80. The summed E-state index contributed by atoms with van der Waals surface area (Å²) in [4.78, 5) is 7.14. The lowest BCUT2D eigenvalue weighted by molar-refractivity contribution is 0.975. The van der Waals surface area contributed by atoms with Crippen LogP contribution >= 0.6 is 12.2 Å². The SMILES string of the molecule is CCN(c1cccc(C)c1)c1nc(C)ccc1C(N)=S. The normalized spacial score (nSPS) is 10.3. The molecule has 2 aromatic rings. The third kappa shape index (κ3) is 2.96. The van der Waals surface area contributed by atoms with Gasteiger partial charge in [-0.3, -0.25) is 0 Å². The molecule has 0 saturated carbocycles. The van der Waals surface area contributed by atoms with Crippen LogP contribution in [0.3, 0.4) is 0 Å². The summed E-state index contributed by atoms with van der Waals surface area (Å²) in [5.74, 6) is 0.825. The molecule has 1 aromatic carbocycles. The first-order valence-corrected chi connectivity index (χ1v) is 7.05. The number of nitrogens with two attached hydrogens (primary N) is 1. The predicted octanol–water partition coefficient (Wildman–Crippen LogP) is 3.49. The molecular formula is C16H19N3S. The molecule has 0 aliphatic rings. The van der Waals surface area contributed by atoms with Gasteiger partial charge in [-0.05, 0) is 50.6 Å². The molecule has 0 bridgehead atoms. The minimum Gasteiger partial charge on any atom is -0.389 e. The molecule has 3 nitrogen and oxygen atoms in total. The summed E-state index contributed by atoms with van der Waals surface area (Å²) < 4.78 is 0. The summed E-state index contributed by atoms with van der Waals surface area (Å²) in [6.45, 7) is 6.94. The van der Waals surface area contributed by atoms with Crippen molar-refractivity contribution in [1.82, 2.24) is 4.98 Å². The maximum absolute atomic E-state index is 5.83. The van der Waals surface area contributed by atoms with Gasteiger partial charge in [0.1, 0.15) is 10.8 Å². The van der Waals surface area contributed by atoms with Crippen LogP contribution in [0.15, 0.2) is 36.4 Å². The number of aromatic nitrogens is 1. The molecule has 0 unspecified atom stereocenters. The fraction of sp³-hybridized carbons (Fsp3) is 0.250. The summed E-state index contributed by atoms with van der Waals surface area (Å²) in [6, 6.07) is 12.2. The average molecular weight is 285 g/mol. The Bertz CT molecular complexity index is 637. The van der Waals surface area contributed by atoms with Gasteiger partial charge in [-0.25, -0.2) is 4.98 Å². The van der Waals surface area contributed by atoms with E-state index in [0.717, 1.165) is 29.3 Å². The van der Waals surface area contributed by atoms with Gasteiger partial charge < -0.3 is 10.6 Å². The molecule has 0 radical (unpaired) electrons. The number of benzene rings is 1. The Hall–Kier alpha value is -1.94. The zero-order valence-corrected chi connectivity index (χ0v) is 12.9. The number of hydrogen-bond acceptors (Lipinski definition) is 3. The predicted molar refractivity (Wildman–Crippen MR) is 88.7 cm³/mol. The molecule has 104 valence electrons. The Balaban J connectivity index is 2.57. The Morgan fingerprint density at radius 2 is 2.00 bits per heavy atom. The van der Waals surface area contributed by atoms with Crippen molar-refractivity contribution in [3.8, 4) is 0 Å². The van der Waals surface area contributed by atoms with E-state index in [0.29, 0.717) is 4.99 Å². The monoisotopic (exact) mass is 285 g/mol. The second kappa shape index (κ2) is 6.01. The van der Waals surface area contributed by atoms with E-state index in [1.54, 1.807) is 0 Å². The van der Waals surface area contributed by atoms with E-state index in [4.69, 9.17) is 18.0 Å². The van der Waals surface area contributed by atoms with Gasteiger partial charge in [0.05, 0.1) is 5.56 Å². The lowest BCUT2D eigenvalue weighted by Gasteiger charge is -2.25. The van der Waals surface area contributed by atoms with Crippen molar-refractivity contribution in [1.29, 1.82) is 0 Å². The molecule has 0 fully saturated rings. The highest BCUT2D eigenvalue weighted by Gasteiger charge is 2.15. The van der Waals surface area contributed by atoms with Crippen LogP contribution in [0.25, 0.3) is 0 Å². The van der Waals surface area contributed by atoms with Crippen molar-refractivity contribution in [3.05, 3.63) is 53.2 Å². The molecule has 2 N–H and O–H groups in total. The van der Waals surface area contributed by atoms with Crippen LogP contribution in [0.5, 0.6) is 0 Å². The Labute approximate surface area is 125 Å². The minimum absolute atomic E-state index is 0.374. The van der Waals surface area contributed by atoms with Crippen LogP contribution in [0, 0.1) is 13.8 Å². The maximum Gasteiger partial charge on any atom is 0.143 e. The fourth-order valence-electron chi connectivity index (χ4n) is 2.19. The number of anilines is 2. The quantitative estimate of drug-likeness (QED) is 0.873. The van der Waals surface area contributed by atoms with Crippen LogP contribution < -0.4 is 10.6 Å². The molecule has 20 heavy (non-hydrogen) atoms. The molecule has 1 heterocycles. The standard InChI is InChI=1S/C16H19N3S/c1-4-19(13-7-5-6-11(2)10-13)16-14(15(17)20)9-8-12(3)18-16/h5-10H,4H2,1-3H3,(H2,17,20). The number of rotatable bonds is 4. The Morgan fingerprint density at radius 3 is 2.60 bits per heavy atom. The molecule has 0 spiro atoms. The van der Waals surface area contributed by atoms with Gasteiger partial charge >= 0.3 is 0 Å². The smallest absolute Gasteiger partial charge is 0.143 e. The number of pyridine rings is 1. The Morgan fingerprint density at radius 1 is 1.25 bits per heavy atom. The topological polar surface area (TPSA) is 42.2 Å². The summed E-state index contributed by atoms with van der Waals surface area (Å²) in [5, 5.41) is 0. The molecular weight excluding hydrogens is 266 g/mol. The fourth-order valence-corrected chi connectivity index (χ4v) is 2.35. The van der Waals surface area contributed by atoms with E-state index in [9.17, 15) is 0 Å². The van der Waals surface area contributed by atoms with Crippen molar-refractivity contribution in [3.63, 3.8) is 0 Å². The van der Waals surface area contributed by atoms with Crippen LogP contribution in [0.2, 0.25) is 0 Å². The van der Waals surface area contributed by atoms with Crippen molar-refractivity contribution in [2.75, 3.05) is 11.4 Å². The lowest BCUT2D eigenvalue weighted by Crippen LogP contribution is -2.23. The van der Waals surface area contributed by atoms with E-state index >= 15 is 0 Å². The van der Waals surface area contributed by atoms with Gasteiger partial charge in [-0.2, -0.15) is 0 Å². The van der Waals surface area contributed by atoms with Crippen molar-refractivity contribution in [2.24, 2.45) is 5.73 Å². The van der Waals surface area contributed by atoms with Gasteiger partial charge in [0.25, 0.3) is 0 Å². The summed E-state index contributed by atoms with van der Waals surface area (Å²) >= 11 is 5.15. The number of aryl methyl sites for hydroxylation is 2. The van der Waals surface area contributed by atoms with Crippen LogP contribution in [-0.4, -0.2) is 16.5 Å². The van der Waals surface area contributed by atoms with E-state index in [-0.39, 0.29) is 0 Å². The van der Waals surface area contributed by atoms with E-state index in [1.807, 2.05) is 25.1 Å². The number of hydrogen-bond donors (Lipinski definition) is 1. The van der Waals surface area contributed by atoms with Crippen LogP contribution in [0.1, 0.15) is 23.7 Å². The van der Waals surface area contributed by atoms with Gasteiger partial charge in [0.15, 0.2) is 0 Å². The van der Waals surface area contributed by atoms with Gasteiger partial charge in [0.2, 0.25) is 0 Å². The van der Waals surface area contributed by atoms with Gasteiger partial charge in [-0.15, -0.1) is 0 Å². The van der Waals surface area contributed by atoms with Gasteiger partial charge in [0, 0.05) is 17.9 Å². The summed E-state index contributed by atoms with van der Waals surface area (Å²) in [5.41, 5.74) is 9.91. The second-order valence-electron chi connectivity index (χ2n) is 4.77. The second-order valence-corrected chi connectivity index (χ2v) is 5.21. The number of nitrogens with zero attached hydrogens (tertiary/aromatic N) is 2. The van der Waals surface area contributed by atoms with Crippen LogP contribution in [-0.2, 0) is 0 Å². The average Bonchev–Trinajstić information content (AvgIpc) is 2.39. The summed E-state index contributed by atoms with van der Waals surface area (Å²) in [6.07, 6.45) is 0. The third-order valence-corrected chi connectivity index (χ3v) is 3.38.